The average molecular weight is 550 g/mol. The van der Waals surface area contributed by atoms with Gasteiger partial charge < -0.3 is 9.33 Å². The van der Waals surface area contributed by atoms with Crippen LogP contribution >= 0.6 is 0 Å². The molecule has 5 nitrogen and oxygen atoms in total. The topological polar surface area (TPSA) is 36.0 Å². The smallest absolute Gasteiger partial charge is 0.254 e. The Labute approximate surface area is 239 Å². The van der Waals surface area contributed by atoms with E-state index in [-0.39, 0.29) is 17.0 Å². The number of nitrogens with zero attached hydrogens (tertiary/aromatic N) is 3. The van der Waals surface area contributed by atoms with Crippen LogP contribution in [0, 0.1) is 0 Å². The third-order valence-electron chi connectivity index (χ3n) is 8.75. The predicted octanol–water partition coefficient (Wildman–Crippen LogP) is 7.22. The van der Waals surface area contributed by atoms with Gasteiger partial charge in [-0.25, -0.2) is 0 Å². The van der Waals surface area contributed by atoms with Gasteiger partial charge in [-0.05, 0) is 75.2 Å². The largest absolute Gasteiger partial charge is 0.543 e. The van der Waals surface area contributed by atoms with Crippen molar-refractivity contribution in [2.45, 2.75) is 84.7 Å². The van der Waals surface area contributed by atoms with E-state index in [0.29, 0.717) is 25.2 Å². The van der Waals surface area contributed by atoms with Crippen LogP contribution in [0.15, 0.2) is 61.2 Å². The van der Waals surface area contributed by atoms with Gasteiger partial charge >= 0.3 is 0 Å². The summed E-state index contributed by atoms with van der Waals surface area (Å²) in [6.07, 6.45) is 2.00. The van der Waals surface area contributed by atoms with Crippen LogP contribution in [0.25, 0.3) is 0 Å². The molecule has 0 aromatic heterocycles. The maximum atomic E-state index is 13.8. The van der Waals surface area contributed by atoms with E-state index >= 15 is 0 Å². The van der Waals surface area contributed by atoms with Crippen molar-refractivity contribution in [3.63, 3.8) is 0 Å². The number of amides is 1. The van der Waals surface area contributed by atoms with Crippen molar-refractivity contribution < 1.29 is 9.22 Å². The summed E-state index contributed by atoms with van der Waals surface area (Å²) in [5, 5.41) is 0.108. The fraction of sp³-hybridized carbons (Fsp3) is 0.545. The summed E-state index contributed by atoms with van der Waals surface area (Å²) < 4.78 is 6.75. The van der Waals surface area contributed by atoms with Crippen molar-refractivity contribution in [3.8, 4) is 5.75 Å². The standard InChI is InChI=1S/C33H51N3O2Si/c1-11-21-35-23-26(5)36(24-25(35)4)31(29-19-14-15-20-30(29)32(37)34(12-2)13-3)27-17-16-18-28(22-27)38-39(9,10)33(6,7)8/h11,14-20,22,25-26,31H,1,12-13,21,23-24H2,2-10H3/t25-,26-,31-/m1/s1. The van der Waals surface area contributed by atoms with Crippen LogP contribution in [0.1, 0.15) is 76.0 Å². The molecule has 1 heterocycles. The Balaban J connectivity index is 2.15. The van der Waals surface area contributed by atoms with Gasteiger partial charge in [0.2, 0.25) is 8.32 Å². The van der Waals surface area contributed by atoms with Gasteiger partial charge in [-0.3, -0.25) is 14.6 Å². The van der Waals surface area contributed by atoms with Crippen LogP contribution in [0.4, 0.5) is 0 Å². The molecule has 0 spiro atoms. The summed E-state index contributed by atoms with van der Waals surface area (Å²) in [7, 11) is -2.01. The highest BCUT2D eigenvalue weighted by Gasteiger charge is 2.40. The highest BCUT2D eigenvalue weighted by Crippen LogP contribution is 2.40. The van der Waals surface area contributed by atoms with Crippen LogP contribution < -0.4 is 4.43 Å². The quantitative estimate of drug-likeness (QED) is 0.231. The molecule has 1 saturated heterocycles. The molecule has 1 aliphatic rings. The number of hydrogen-bond donors (Lipinski definition) is 0. The van der Waals surface area contributed by atoms with E-state index in [1.807, 2.05) is 37.0 Å². The summed E-state index contributed by atoms with van der Waals surface area (Å²) in [5.74, 6) is 1.02. The Bertz CT molecular complexity index is 1120. The number of piperazine rings is 1. The number of carbonyl (C=O) groups is 1. The van der Waals surface area contributed by atoms with Crippen molar-refractivity contribution >= 4 is 14.2 Å². The van der Waals surface area contributed by atoms with Gasteiger partial charge in [-0.1, -0.05) is 57.2 Å². The zero-order valence-corrected chi connectivity index (χ0v) is 26.8. The van der Waals surface area contributed by atoms with Crippen molar-refractivity contribution in [3.05, 3.63) is 77.9 Å². The van der Waals surface area contributed by atoms with Crippen LogP contribution in [-0.4, -0.2) is 73.7 Å². The molecular weight excluding hydrogens is 498 g/mol. The Morgan fingerprint density at radius 1 is 1.08 bits per heavy atom. The molecule has 0 unspecified atom stereocenters. The molecule has 6 heteroatoms. The first kappa shape index (κ1) is 31.1. The molecule has 3 rings (SSSR count). The van der Waals surface area contributed by atoms with Gasteiger partial charge in [0.25, 0.3) is 5.91 Å². The van der Waals surface area contributed by atoms with Gasteiger partial charge in [0, 0.05) is 50.4 Å². The Morgan fingerprint density at radius 2 is 1.74 bits per heavy atom. The van der Waals surface area contributed by atoms with Gasteiger partial charge in [-0.2, -0.15) is 0 Å². The second-order valence-electron chi connectivity index (χ2n) is 12.5. The summed E-state index contributed by atoms with van der Waals surface area (Å²) in [5.41, 5.74) is 3.02. The minimum Gasteiger partial charge on any atom is -0.543 e. The first-order valence-corrected chi connectivity index (χ1v) is 17.5. The van der Waals surface area contributed by atoms with E-state index in [4.69, 9.17) is 4.43 Å². The molecule has 1 aliphatic heterocycles. The zero-order valence-electron chi connectivity index (χ0n) is 25.8. The fourth-order valence-corrected chi connectivity index (χ4v) is 6.38. The zero-order chi connectivity index (χ0) is 29.0. The number of rotatable bonds is 10. The number of carbonyl (C=O) groups excluding carboxylic acids is 1. The molecule has 1 amide bonds. The first-order valence-electron chi connectivity index (χ1n) is 14.6. The second kappa shape index (κ2) is 12.8. The maximum Gasteiger partial charge on any atom is 0.254 e. The third kappa shape index (κ3) is 7.03. The van der Waals surface area contributed by atoms with E-state index in [1.165, 1.54) is 5.56 Å². The van der Waals surface area contributed by atoms with Gasteiger partial charge in [0.15, 0.2) is 0 Å². The monoisotopic (exact) mass is 549 g/mol. The molecule has 0 aliphatic carbocycles. The molecule has 2 aromatic rings. The molecule has 0 N–H and O–H groups in total. The Kier molecular flexibility index (Phi) is 10.2. The highest BCUT2D eigenvalue weighted by molar-refractivity contribution is 6.74. The lowest BCUT2D eigenvalue weighted by Gasteiger charge is -2.48. The van der Waals surface area contributed by atoms with Crippen molar-refractivity contribution in [2.24, 2.45) is 0 Å². The lowest BCUT2D eigenvalue weighted by Crippen LogP contribution is -2.57. The summed E-state index contributed by atoms with van der Waals surface area (Å²) in [6.45, 7) is 28.2. The summed E-state index contributed by atoms with van der Waals surface area (Å²) >= 11 is 0. The molecular formula is C33H51N3O2Si. The van der Waals surface area contributed by atoms with E-state index in [0.717, 1.165) is 36.5 Å². The molecule has 2 aromatic carbocycles. The molecule has 3 atom stereocenters. The molecule has 214 valence electrons. The molecule has 39 heavy (non-hydrogen) atoms. The van der Waals surface area contributed by atoms with Crippen LogP contribution in [0.5, 0.6) is 5.75 Å². The van der Waals surface area contributed by atoms with E-state index in [1.54, 1.807) is 0 Å². The molecule has 1 fully saturated rings. The fourth-order valence-electron chi connectivity index (χ4n) is 5.36. The van der Waals surface area contributed by atoms with Crippen molar-refractivity contribution in [2.75, 3.05) is 32.7 Å². The SMILES string of the molecule is C=CCN1C[C@@H](C)N([C@H](c2cccc(O[Si](C)(C)C(C)(C)C)c2)c2ccccc2C(=O)N(CC)CC)C[C@H]1C. The van der Waals surface area contributed by atoms with E-state index in [2.05, 4.69) is 100 Å². The van der Waals surface area contributed by atoms with Gasteiger partial charge in [0.1, 0.15) is 5.75 Å². The van der Waals surface area contributed by atoms with Gasteiger partial charge in [0.05, 0.1) is 6.04 Å². The van der Waals surface area contributed by atoms with E-state index < -0.39 is 8.32 Å². The van der Waals surface area contributed by atoms with Crippen molar-refractivity contribution in [1.29, 1.82) is 0 Å². The first-order chi connectivity index (χ1) is 18.3. The van der Waals surface area contributed by atoms with Crippen LogP contribution in [0.3, 0.4) is 0 Å². The summed E-state index contributed by atoms with van der Waals surface area (Å²) in [6, 6.07) is 17.4. The highest BCUT2D eigenvalue weighted by atomic mass is 28.4. The molecule has 0 radical (unpaired) electrons. The minimum absolute atomic E-state index is 0.0630. The maximum absolute atomic E-state index is 13.8. The van der Waals surface area contributed by atoms with Crippen molar-refractivity contribution in [1.82, 2.24) is 14.7 Å². The molecule has 0 bridgehead atoms. The average Bonchev–Trinajstić information content (AvgIpc) is 2.87. The van der Waals surface area contributed by atoms with E-state index in [9.17, 15) is 4.79 Å². The summed E-state index contributed by atoms with van der Waals surface area (Å²) in [4.78, 5) is 20.8. The predicted molar refractivity (Wildman–Crippen MR) is 167 cm³/mol. The Morgan fingerprint density at radius 3 is 2.36 bits per heavy atom. The second-order valence-corrected chi connectivity index (χ2v) is 17.3. The van der Waals surface area contributed by atoms with Crippen LogP contribution in [0.2, 0.25) is 18.1 Å². The Hall–Kier alpha value is -2.41. The number of benzene rings is 2. The lowest BCUT2D eigenvalue weighted by molar-refractivity contribution is 0.0302. The van der Waals surface area contributed by atoms with Crippen LogP contribution in [-0.2, 0) is 0 Å². The van der Waals surface area contributed by atoms with Gasteiger partial charge in [-0.15, -0.1) is 6.58 Å². The normalized spacial score (nSPS) is 19.9. The number of hydrogen-bond acceptors (Lipinski definition) is 4. The lowest BCUT2D eigenvalue weighted by atomic mass is 9.90. The minimum atomic E-state index is -2.01. The third-order valence-corrected chi connectivity index (χ3v) is 13.1. The molecule has 0 saturated carbocycles.